The van der Waals surface area contributed by atoms with Crippen LogP contribution in [0.4, 0.5) is 5.00 Å². The van der Waals surface area contributed by atoms with E-state index in [1.807, 2.05) is 22.6 Å². The molecule has 0 spiro atoms. The third-order valence-electron chi connectivity index (χ3n) is 0.764. The third kappa shape index (κ3) is 1.39. The smallest absolute Gasteiger partial charge is 0.258 e. The molecule has 0 amide bonds. The van der Waals surface area contributed by atoms with Crippen molar-refractivity contribution < 1.29 is 4.92 Å². The van der Waals surface area contributed by atoms with Gasteiger partial charge in [0.1, 0.15) is 3.57 Å². The van der Waals surface area contributed by atoms with Crippen LogP contribution >= 0.6 is 33.9 Å². The van der Waals surface area contributed by atoms with E-state index in [1.54, 1.807) is 11.4 Å². The molecule has 1 rings (SSSR count). The van der Waals surface area contributed by atoms with E-state index < -0.39 is 0 Å². The molecule has 0 aromatic carbocycles. The summed E-state index contributed by atoms with van der Waals surface area (Å²) in [6.07, 6.45) is 0. The molecular formula is C4H2INO2S. The zero-order valence-electron chi connectivity index (χ0n) is 4.20. The average Bonchev–Trinajstić information content (AvgIpc) is 2.13. The number of rotatable bonds is 1. The first-order chi connectivity index (χ1) is 4.22. The fourth-order valence-corrected chi connectivity index (χ4v) is 2.02. The van der Waals surface area contributed by atoms with Gasteiger partial charge in [0, 0.05) is 0 Å². The van der Waals surface area contributed by atoms with Gasteiger partial charge in [0.2, 0.25) is 0 Å². The van der Waals surface area contributed by atoms with E-state index in [2.05, 4.69) is 0 Å². The van der Waals surface area contributed by atoms with E-state index in [4.69, 9.17) is 0 Å². The van der Waals surface area contributed by atoms with Crippen LogP contribution < -0.4 is 0 Å². The van der Waals surface area contributed by atoms with Gasteiger partial charge >= 0.3 is 5.00 Å². The van der Waals surface area contributed by atoms with Gasteiger partial charge in [-0.2, -0.15) is 0 Å². The Morgan fingerprint density at radius 1 is 1.78 bits per heavy atom. The minimum Gasteiger partial charge on any atom is -0.258 e. The summed E-state index contributed by atoms with van der Waals surface area (Å²) in [7, 11) is 0. The molecule has 1 aromatic heterocycles. The monoisotopic (exact) mass is 255 g/mol. The number of hydrogen-bond donors (Lipinski definition) is 0. The van der Waals surface area contributed by atoms with Crippen LogP contribution in [0.15, 0.2) is 11.4 Å². The Bertz CT molecular complexity index is 234. The van der Waals surface area contributed by atoms with Crippen molar-refractivity contribution in [3.05, 3.63) is 25.1 Å². The first-order valence-electron chi connectivity index (χ1n) is 2.09. The number of halogens is 1. The van der Waals surface area contributed by atoms with Crippen molar-refractivity contribution in [2.75, 3.05) is 0 Å². The predicted molar refractivity (Wildman–Crippen MR) is 43.7 cm³/mol. The van der Waals surface area contributed by atoms with E-state index in [-0.39, 0.29) is 9.92 Å². The molecule has 0 aliphatic heterocycles. The highest BCUT2D eigenvalue weighted by Gasteiger charge is 2.11. The van der Waals surface area contributed by atoms with Gasteiger partial charge in [-0.1, -0.05) is 11.3 Å². The zero-order valence-corrected chi connectivity index (χ0v) is 7.18. The highest BCUT2D eigenvalue weighted by Crippen LogP contribution is 2.26. The minimum absolute atomic E-state index is 0.232. The molecule has 0 atom stereocenters. The van der Waals surface area contributed by atoms with Crippen molar-refractivity contribution in [2.24, 2.45) is 0 Å². The Kier molecular flexibility index (Phi) is 2.01. The lowest BCUT2D eigenvalue weighted by Gasteiger charge is -1.81. The van der Waals surface area contributed by atoms with Crippen LogP contribution in [0.1, 0.15) is 0 Å². The third-order valence-corrected chi connectivity index (χ3v) is 2.87. The molecule has 1 aromatic rings. The molecule has 0 saturated carbocycles. The van der Waals surface area contributed by atoms with Crippen LogP contribution in [0.3, 0.4) is 0 Å². The summed E-state index contributed by atoms with van der Waals surface area (Å²) in [6, 6.07) is 1.73. The molecule has 3 nitrogen and oxygen atoms in total. The fourth-order valence-electron chi connectivity index (χ4n) is 0.416. The van der Waals surface area contributed by atoms with Gasteiger partial charge in [0.15, 0.2) is 0 Å². The van der Waals surface area contributed by atoms with Crippen molar-refractivity contribution >= 4 is 38.9 Å². The molecule has 0 fully saturated rings. The summed E-state index contributed by atoms with van der Waals surface area (Å²) in [5.74, 6) is 0. The van der Waals surface area contributed by atoms with Gasteiger partial charge in [-0.3, -0.25) is 10.1 Å². The quantitative estimate of drug-likeness (QED) is 0.439. The second-order valence-electron chi connectivity index (χ2n) is 1.33. The van der Waals surface area contributed by atoms with Crippen LogP contribution in [-0.4, -0.2) is 4.92 Å². The summed E-state index contributed by atoms with van der Waals surface area (Å²) in [5.41, 5.74) is 0. The number of hydrogen-bond acceptors (Lipinski definition) is 3. The lowest BCUT2D eigenvalue weighted by Crippen LogP contribution is -1.84. The Hall–Kier alpha value is -0.170. The highest BCUT2D eigenvalue weighted by atomic mass is 127. The molecule has 0 saturated heterocycles. The van der Waals surface area contributed by atoms with Crippen molar-refractivity contribution in [3.63, 3.8) is 0 Å². The Morgan fingerprint density at radius 2 is 2.44 bits per heavy atom. The predicted octanol–water partition coefficient (Wildman–Crippen LogP) is 2.26. The summed E-state index contributed by atoms with van der Waals surface area (Å²) >= 11 is 3.09. The second-order valence-corrected chi connectivity index (χ2v) is 3.39. The molecule has 0 bridgehead atoms. The molecule has 0 N–H and O–H groups in total. The van der Waals surface area contributed by atoms with Gasteiger partial charge in [0.05, 0.1) is 4.92 Å². The molecule has 48 valence electrons. The van der Waals surface area contributed by atoms with E-state index in [9.17, 15) is 10.1 Å². The summed E-state index contributed by atoms with van der Waals surface area (Å²) in [6.45, 7) is 0. The molecule has 0 aliphatic rings. The van der Waals surface area contributed by atoms with Crippen LogP contribution in [0.2, 0.25) is 0 Å². The van der Waals surface area contributed by atoms with Gasteiger partial charge in [-0.25, -0.2) is 0 Å². The summed E-state index contributed by atoms with van der Waals surface area (Å²) in [4.78, 5) is 9.73. The molecule has 5 heteroatoms. The Balaban J connectivity index is 3.08. The molecule has 1 heterocycles. The maximum atomic E-state index is 10.1. The maximum absolute atomic E-state index is 10.1. The van der Waals surface area contributed by atoms with Crippen molar-refractivity contribution in [1.29, 1.82) is 0 Å². The highest BCUT2D eigenvalue weighted by molar-refractivity contribution is 14.1. The molecule has 0 aliphatic carbocycles. The van der Waals surface area contributed by atoms with Gasteiger partial charge < -0.3 is 0 Å². The second kappa shape index (κ2) is 2.61. The van der Waals surface area contributed by atoms with Crippen molar-refractivity contribution in [2.45, 2.75) is 0 Å². The van der Waals surface area contributed by atoms with Gasteiger partial charge in [-0.15, -0.1) is 0 Å². The van der Waals surface area contributed by atoms with Crippen LogP contribution in [-0.2, 0) is 0 Å². The van der Waals surface area contributed by atoms with Crippen LogP contribution in [0, 0.1) is 13.7 Å². The number of thiophene rings is 1. The normalized spacial score (nSPS) is 9.44. The van der Waals surface area contributed by atoms with Crippen LogP contribution in [0.5, 0.6) is 0 Å². The topological polar surface area (TPSA) is 43.1 Å². The lowest BCUT2D eigenvalue weighted by molar-refractivity contribution is -0.381. The maximum Gasteiger partial charge on any atom is 0.337 e. The minimum atomic E-state index is -0.369. The fraction of sp³-hybridized carbons (Fsp3) is 0. The summed E-state index contributed by atoms with van der Waals surface area (Å²) in [5, 5.41) is 12.0. The number of nitro groups is 1. The van der Waals surface area contributed by atoms with Gasteiger partial charge in [0.25, 0.3) is 0 Å². The lowest BCUT2D eigenvalue weighted by atomic mass is 10.6. The molecule has 9 heavy (non-hydrogen) atoms. The van der Waals surface area contributed by atoms with Gasteiger partial charge in [-0.05, 0) is 34.0 Å². The van der Waals surface area contributed by atoms with E-state index in [0.29, 0.717) is 3.57 Å². The Labute approximate surface area is 69.0 Å². The largest absolute Gasteiger partial charge is 0.337 e. The average molecular weight is 255 g/mol. The van der Waals surface area contributed by atoms with Crippen molar-refractivity contribution in [1.82, 2.24) is 0 Å². The molecular weight excluding hydrogens is 253 g/mol. The first-order valence-corrected chi connectivity index (χ1v) is 4.05. The standard InChI is InChI=1S/C4H2INO2S/c5-3-1-2-9-4(3)6(7)8/h1-2H. The van der Waals surface area contributed by atoms with E-state index in [1.165, 1.54) is 0 Å². The SMILES string of the molecule is O=[N+]([O-])c1sccc1I. The van der Waals surface area contributed by atoms with E-state index >= 15 is 0 Å². The zero-order chi connectivity index (χ0) is 6.85. The van der Waals surface area contributed by atoms with E-state index in [0.717, 1.165) is 11.3 Å². The molecule has 0 unspecified atom stereocenters. The van der Waals surface area contributed by atoms with Crippen molar-refractivity contribution in [3.8, 4) is 0 Å². The number of nitrogens with zero attached hydrogens (tertiary/aromatic N) is 1. The first kappa shape index (κ1) is 6.94. The summed E-state index contributed by atoms with van der Waals surface area (Å²) < 4.78 is 0.711. The molecule has 0 radical (unpaired) electrons. The van der Waals surface area contributed by atoms with Crippen LogP contribution in [0.25, 0.3) is 0 Å². The Morgan fingerprint density at radius 3 is 2.67 bits per heavy atom.